The molecule has 0 radical (unpaired) electrons. The number of carbonyl (C=O) groups is 5. The molecular weight excluding hydrogens is 418 g/mol. The van der Waals surface area contributed by atoms with Gasteiger partial charge < -0.3 is 37.6 Å². The van der Waals surface area contributed by atoms with E-state index >= 15 is 0 Å². The van der Waals surface area contributed by atoms with Crippen molar-refractivity contribution >= 4 is 41.4 Å². The maximum Gasteiger partial charge on any atom is 0.325 e. The van der Waals surface area contributed by atoms with Crippen LogP contribution in [0.2, 0.25) is 0 Å². The molecule has 0 aliphatic carbocycles. The van der Waals surface area contributed by atoms with Gasteiger partial charge in [0.1, 0.15) is 18.1 Å². The zero-order valence-corrected chi connectivity index (χ0v) is 18.0. The lowest BCUT2D eigenvalue weighted by Gasteiger charge is -2.26. The van der Waals surface area contributed by atoms with Crippen molar-refractivity contribution in [2.45, 2.75) is 63.4 Å². The van der Waals surface area contributed by atoms with Crippen LogP contribution in [0.3, 0.4) is 0 Å². The van der Waals surface area contributed by atoms with E-state index in [0.717, 1.165) is 0 Å². The Morgan fingerprint density at radius 2 is 1.57 bits per heavy atom. The smallest absolute Gasteiger partial charge is 0.325 e. The number of thioether (sulfide) groups is 1. The Hall–Kier alpha value is -2.38. The van der Waals surface area contributed by atoms with Crippen molar-refractivity contribution in [2.24, 2.45) is 11.5 Å². The molecule has 0 saturated carbocycles. The topological polar surface area (TPSA) is 214 Å². The number of primary amides is 1. The van der Waals surface area contributed by atoms with Crippen LogP contribution in [0.15, 0.2) is 0 Å². The molecule has 0 aliphatic heterocycles. The van der Waals surface area contributed by atoms with Crippen molar-refractivity contribution < 1.29 is 34.2 Å². The Morgan fingerprint density at radius 1 is 0.967 bits per heavy atom. The Morgan fingerprint density at radius 3 is 2.03 bits per heavy atom. The molecule has 0 aromatic heterocycles. The minimum Gasteiger partial charge on any atom is -0.480 e. The highest BCUT2D eigenvalue weighted by atomic mass is 32.2. The minimum absolute atomic E-state index is 0.00379. The summed E-state index contributed by atoms with van der Waals surface area (Å²) in [7, 11) is 0. The van der Waals surface area contributed by atoms with Gasteiger partial charge in [-0.25, -0.2) is 0 Å². The number of hydrogen-bond donors (Lipinski definition) is 7. The predicted octanol–water partition coefficient (Wildman–Crippen LogP) is -2.73. The third-order valence-corrected chi connectivity index (χ3v) is 4.72. The summed E-state index contributed by atoms with van der Waals surface area (Å²) in [5, 5.41) is 25.7. The van der Waals surface area contributed by atoms with Crippen molar-refractivity contribution in [3.63, 3.8) is 0 Å². The van der Waals surface area contributed by atoms with Gasteiger partial charge in [0.15, 0.2) is 0 Å². The number of carboxylic acids is 1. The Kier molecular flexibility index (Phi) is 12.7. The van der Waals surface area contributed by atoms with E-state index in [1.54, 1.807) is 6.26 Å². The van der Waals surface area contributed by atoms with E-state index in [1.165, 1.54) is 25.6 Å². The molecule has 0 fully saturated rings. The maximum absolute atomic E-state index is 12.7. The average molecular weight is 450 g/mol. The standard InChI is InChI=1S/C17H31N5O7S/c1-8(17(28)29)20-16(27)13(9(2)23)22-15(26)11(6-7-30-3)21-14(25)10(18)4-5-12(19)24/h8-11,13,23H,4-7,18H2,1-3H3,(H2,19,24)(H,20,27)(H,21,25)(H,22,26)(H,28,29). The van der Waals surface area contributed by atoms with E-state index in [0.29, 0.717) is 5.75 Å². The molecule has 12 nitrogen and oxygen atoms in total. The van der Waals surface area contributed by atoms with Gasteiger partial charge >= 0.3 is 5.97 Å². The Bertz CT molecular complexity index is 632. The lowest BCUT2D eigenvalue weighted by Crippen LogP contribution is -2.59. The predicted molar refractivity (Wildman–Crippen MR) is 110 cm³/mol. The number of aliphatic hydroxyl groups is 1. The molecule has 0 rings (SSSR count). The first-order valence-electron chi connectivity index (χ1n) is 9.25. The third kappa shape index (κ3) is 10.4. The summed E-state index contributed by atoms with van der Waals surface area (Å²) in [5.41, 5.74) is 10.7. The Labute approximate surface area is 178 Å². The molecule has 0 bridgehead atoms. The summed E-state index contributed by atoms with van der Waals surface area (Å²) >= 11 is 1.42. The number of carboxylic acid groups (broad SMARTS) is 1. The van der Waals surface area contributed by atoms with Gasteiger partial charge in [-0.1, -0.05) is 0 Å². The number of carbonyl (C=O) groups excluding carboxylic acids is 4. The molecule has 13 heteroatoms. The van der Waals surface area contributed by atoms with Crippen LogP contribution in [0.4, 0.5) is 0 Å². The monoisotopic (exact) mass is 449 g/mol. The van der Waals surface area contributed by atoms with Crippen LogP contribution in [0.5, 0.6) is 0 Å². The minimum atomic E-state index is -1.43. The van der Waals surface area contributed by atoms with Crippen molar-refractivity contribution in [3.05, 3.63) is 0 Å². The first-order chi connectivity index (χ1) is 13.9. The molecule has 5 unspecified atom stereocenters. The van der Waals surface area contributed by atoms with Crippen molar-refractivity contribution in [3.8, 4) is 0 Å². The van der Waals surface area contributed by atoms with Gasteiger partial charge in [-0.3, -0.25) is 24.0 Å². The molecule has 0 aromatic rings. The quantitative estimate of drug-likeness (QED) is 0.146. The van der Waals surface area contributed by atoms with Crippen LogP contribution in [0.1, 0.15) is 33.1 Å². The summed E-state index contributed by atoms with van der Waals surface area (Å²) in [4.78, 5) is 58.9. The SMILES string of the molecule is CSCCC(NC(=O)C(N)CCC(N)=O)C(=O)NC(C(=O)NC(C)C(=O)O)C(C)O. The van der Waals surface area contributed by atoms with Crippen molar-refractivity contribution in [1.29, 1.82) is 0 Å². The van der Waals surface area contributed by atoms with Crippen LogP contribution in [0.25, 0.3) is 0 Å². The number of aliphatic carboxylic acids is 1. The molecule has 5 atom stereocenters. The highest BCUT2D eigenvalue weighted by Crippen LogP contribution is 2.05. The van der Waals surface area contributed by atoms with Gasteiger partial charge in [-0.05, 0) is 38.7 Å². The Balaban J connectivity index is 5.20. The van der Waals surface area contributed by atoms with E-state index in [-0.39, 0.29) is 19.3 Å². The van der Waals surface area contributed by atoms with Gasteiger partial charge in [0, 0.05) is 6.42 Å². The summed E-state index contributed by atoms with van der Waals surface area (Å²) in [6, 6.07) is -4.78. The fraction of sp³-hybridized carbons (Fsp3) is 0.706. The van der Waals surface area contributed by atoms with Crippen LogP contribution in [-0.4, -0.2) is 82.1 Å². The van der Waals surface area contributed by atoms with E-state index in [1.807, 2.05) is 0 Å². The normalized spacial score (nSPS) is 15.8. The van der Waals surface area contributed by atoms with E-state index < -0.39 is 59.9 Å². The molecule has 0 aromatic carbocycles. The fourth-order valence-corrected chi connectivity index (χ4v) is 2.71. The van der Waals surface area contributed by atoms with Crippen LogP contribution < -0.4 is 27.4 Å². The molecule has 0 heterocycles. The number of hydrogen-bond acceptors (Lipinski definition) is 8. The zero-order valence-electron chi connectivity index (χ0n) is 17.2. The first-order valence-corrected chi connectivity index (χ1v) is 10.6. The van der Waals surface area contributed by atoms with Crippen LogP contribution in [-0.2, 0) is 24.0 Å². The summed E-state index contributed by atoms with van der Waals surface area (Å²) in [5.74, 6) is -3.71. The van der Waals surface area contributed by atoms with E-state index in [4.69, 9.17) is 16.6 Å². The van der Waals surface area contributed by atoms with E-state index in [9.17, 15) is 29.1 Å². The molecule has 0 spiro atoms. The van der Waals surface area contributed by atoms with Gasteiger partial charge in [0.05, 0.1) is 12.1 Å². The van der Waals surface area contributed by atoms with E-state index in [2.05, 4.69) is 16.0 Å². The van der Waals surface area contributed by atoms with Crippen LogP contribution in [0, 0.1) is 0 Å². The summed E-state index contributed by atoms with van der Waals surface area (Å²) in [6.07, 6.45) is 0.589. The summed E-state index contributed by atoms with van der Waals surface area (Å²) < 4.78 is 0. The lowest BCUT2D eigenvalue weighted by molar-refractivity contribution is -0.142. The second-order valence-corrected chi connectivity index (χ2v) is 7.74. The van der Waals surface area contributed by atoms with Gasteiger partial charge in [-0.15, -0.1) is 0 Å². The molecule has 30 heavy (non-hydrogen) atoms. The second kappa shape index (κ2) is 13.8. The second-order valence-electron chi connectivity index (χ2n) is 6.75. The summed E-state index contributed by atoms with van der Waals surface area (Å²) in [6.45, 7) is 2.49. The zero-order chi connectivity index (χ0) is 23.4. The molecule has 9 N–H and O–H groups in total. The number of amides is 4. The lowest BCUT2D eigenvalue weighted by atomic mass is 10.1. The van der Waals surface area contributed by atoms with Gasteiger partial charge in [0.2, 0.25) is 23.6 Å². The van der Waals surface area contributed by atoms with Crippen LogP contribution >= 0.6 is 11.8 Å². The number of nitrogens with two attached hydrogens (primary N) is 2. The molecule has 172 valence electrons. The molecule has 0 aliphatic rings. The van der Waals surface area contributed by atoms with Gasteiger partial charge in [-0.2, -0.15) is 11.8 Å². The molecule has 4 amide bonds. The third-order valence-electron chi connectivity index (χ3n) is 4.07. The number of rotatable bonds is 14. The fourth-order valence-electron chi connectivity index (χ4n) is 2.24. The highest BCUT2D eigenvalue weighted by Gasteiger charge is 2.31. The maximum atomic E-state index is 12.7. The highest BCUT2D eigenvalue weighted by molar-refractivity contribution is 7.98. The average Bonchev–Trinajstić information content (AvgIpc) is 2.66. The first kappa shape index (κ1) is 27.6. The number of aliphatic hydroxyl groups excluding tert-OH is 1. The van der Waals surface area contributed by atoms with Crippen molar-refractivity contribution in [2.75, 3.05) is 12.0 Å². The van der Waals surface area contributed by atoms with Gasteiger partial charge in [0.25, 0.3) is 0 Å². The molecule has 0 saturated heterocycles. The van der Waals surface area contributed by atoms with Crippen molar-refractivity contribution in [1.82, 2.24) is 16.0 Å². The number of nitrogens with one attached hydrogen (secondary N) is 3. The largest absolute Gasteiger partial charge is 0.480 e. The molecular formula is C17H31N5O7S.